The van der Waals surface area contributed by atoms with Gasteiger partial charge in [0.15, 0.2) is 0 Å². The molecule has 3 rings (SSSR count). The highest BCUT2D eigenvalue weighted by Gasteiger charge is 2.20. The van der Waals surface area contributed by atoms with Crippen LogP contribution in [0.3, 0.4) is 0 Å². The maximum absolute atomic E-state index is 12.3. The van der Waals surface area contributed by atoms with Gasteiger partial charge in [-0.15, -0.1) is 0 Å². The summed E-state index contributed by atoms with van der Waals surface area (Å²) in [6, 6.07) is 13.7. The molecule has 0 radical (unpaired) electrons. The number of furan rings is 1. The van der Waals surface area contributed by atoms with Crippen molar-refractivity contribution in [3.63, 3.8) is 0 Å². The molecule has 0 bridgehead atoms. The summed E-state index contributed by atoms with van der Waals surface area (Å²) in [5.41, 5.74) is 2.09. The number of benzene rings is 1. The van der Waals surface area contributed by atoms with E-state index in [4.69, 9.17) is 4.42 Å². The Hall–Kier alpha value is -2.82. The number of hydrogen-bond donors (Lipinski definition) is 2. The van der Waals surface area contributed by atoms with Gasteiger partial charge in [0.05, 0.1) is 18.5 Å². The van der Waals surface area contributed by atoms with Crippen molar-refractivity contribution in [3.05, 3.63) is 78.3 Å². The first-order valence-electron chi connectivity index (χ1n) is 7.65. The molecule has 1 aromatic carbocycles. The van der Waals surface area contributed by atoms with Gasteiger partial charge >= 0.3 is 0 Å². The number of nitrogens with one attached hydrogen (secondary N) is 2. The van der Waals surface area contributed by atoms with Crippen molar-refractivity contribution in [1.29, 1.82) is 0 Å². The Morgan fingerprint density at radius 2 is 2.09 bits per heavy atom. The Balaban J connectivity index is 1.61. The Morgan fingerprint density at radius 1 is 1.22 bits per heavy atom. The zero-order chi connectivity index (χ0) is 15.9. The summed E-state index contributed by atoms with van der Waals surface area (Å²) in [6.07, 6.45) is 6.14. The number of aromatic nitrogens is 2. The number of hydrogen-bond acceptors (Lipinski definition) is 3. The molecule has 1 unspecified atom stereocenters. The third kappa shape index (κ3) is 4.10. The zero-order valence-electron chi connectivity index (χ0n) is 12.7. The van der Waals surface area contributed by atoms with Crippen LogP contribution in [0, 0.1) is 0 Å². The minimum absolute atomic E-state index is 0.00904. The number of carbonyl (C=O) groups is 1. The van der Waals surface area contributed by atoms with E-state index >= 15 is 0 Å². The lowest BCUT2D eigenvalue weighted by molar-refractivity contribution is -0.121. The van der Waals surface area contributed by atoms with E-state index in [2.05, 4.69) is 15.3 Å². The van der Waals surface area contributed by atoms with Crippen molar-refractivity contribution >= 4 is 5.91 Å². The van der Waals surface area contributed by atoms with Gasteiger partial charge in [-0.1, -0.05) is 30.3 Å². The van der Waals surface area contributed by atoms with E-state index in [0.717, 1.165) is 23.4 Å². The molecule has 23 heavy (non-hydrogen) atoms. The van der Waals surface area contributed by atoms with Crippen molar-refractivity contribution in [1.82, 2.24) is 15.3 Å². The number of amides is 1. The normalized spacial score (nSPS) is 12.0. The average molecular weight is 309 g/mol. The van der Waals surface area contributed by atoms with Crippen LogP contribution in [0.2, 0.25) is 0 Å². The van der Waals surface area contributed by atoms with Gasteiger partial charge in [0.2, 0.25) is 5.91 Å². The van der Waals surface area contributed by atoms with Crippen molar-refractivity contribution < 1.29 is 9.21 Å². The second kappa shape index (κ2) is 7.45. The van der Waals surface area contributed by atoms with Crippen LogP contribution in [0.15, 0.2) is 65.7 Å². The molecule has 2 heterocycles. The van der Waals surface area contributed by atoms with Crippen molar-refractivity contribution in [3.8, 4) is 0 Å². The molecule has 0 aliphatic carbocycles. The molecule has 5 nitrogen and oxygen atoms in total. The maximum Gasteiger partial charge on any atom is 0.221 e. The number of H-pyrrole nitrogens is 1. The molecule has 118 valence electrons. The Labute approximate surface area is 134 Å². The molecule has 2 aromatic heterocycles. The van der Waals surface area contributed by atoms with Gasteiger partial charge in [-0.2, -0.15) is 0 Å². The molecular weight excluding hydrogens is 290 g/mol. The van der Waals surface area contributed by atoms with E-state index in [1.54, 1.807) is 18.8 Å². The maximum atomic E-state index is 12.3. The van der Waals surface area contributed by atoms with Gasteiger partial charge in [0.25, 0.3) is 0 Å². The highest BCUT2D eigenvalue weighted by molar-refractivity contribution is 5.77. The standard InChI is InChI=1S/C18H19N3O2/c22-18(20-9-8-15-12-19-13-21-15)11-16(17-7-4-10-23-17)14-5-2-1-3-6-14/h1-7,10,12-13,16H,8-9,11H2,(H,19,21)(H,20,22). The molecule has 0 spiro atoms. The predicted octanol–water partition coefficient (Wildman–Crippen LogP) is 2.88. The molecule has 5 heteroatoms. The molecule has 0 saturated heterocycles. The predicted molar refractivity (Wildman–Crippen MR) is 86.9 cm³/mol. The molecule has 0 saturated carbocycles. The summed E-state index contributed by atoms with van der Waals surface area (Å²) in [6.45, 7) is 0.584. The lowest BCUT2D eigenvalue weighted by atomic mass is 9.93. The fourth-order valence-corrected chi connectivity index (χ4v) is 2.57. The van der Waals surface area contributed by atoms with E-state index in [-0.39, 0.29) is 11.8 Å². The molecule has 0 aliphatic heterocycles. The van der Waals surface area contributed by atoms with Gasteiger partial charge < -0.3 is 14.7 Å². The molecule has 3 aromatic rings. The zero-order valence-corrected chi connectivity index (χ0v) is 12.7. The second-order valence-electron chi connectivity index (χ2n) is 5.36. The Kier molecular flexibility index (Phi) is 4.88. The lowest BCUT2D eigenvalue weighted by Crippen LogP contribution is -2.27. The minimum Gasteiger partial charge on any atom is -0.469 e. The highest BCUT2D eigenvalue weighted by atomic mass is 16.3. The number of nitrogens with zero attached hydrogens (tertiary/aromatic N) is 1. The second-order valence-corrected chi connectivity index (χ2v) is 5.36. The van der Waals surface area contributed by atoms with Gasteiger partial charge in [0.1, 0.15) is 5.76 Å². The van der Waals surface area contributed by atoms with Crippen molar-refractivity contribution in [2.45, 2.75) is 18.8 Å². The smallest absolute Gasteiger partial charge is 0.221 e. The first kappa shape index (κ1) is 15.1. The summed E-state index contributed by atoms with van der Waals surface area (Å²) in [5, 5.41) is 2.95. The van der Waals surface area contributed by atoms with E-state index in [9.17, 15) is 4.79 Å². The van der Waals surface area contributed by atoms with Crippen LogP contribution in [0.25, 0.3) is 0 Å². The van der Waals surface area contributed by atoms with Gasteiger partial charge in [-0.05, 0) is 17.7 Å². The van der Waals surface area contributed by atoms with Crippen molar-refractivity contribution in [2.75, 3.05) is 6.54 Å². The molecular formula is C18H19N3O2. The largest absolute Gasteiger partial charge is 0.469 e. The van der Waals surface area contributed by atoms with Crippen LogP contribution < -0.4 is 5.32 Å². The topological polar surface area (TPSA) is 70.9 Å². The number of rotatable bonds is 7. The van der Waals surface area contributed by atoms with Crippen LogP contribution in [0.4, 0.5) is 0 Å². The highest BCUT2D eigenvalue weighted by Crippen LogP contribution is 2.28. The molecule has 2 N–H and O–H groups in total. The fourth-order valence-electron chi connectivity index (χ4n) is 2.57. The molecule has 1 atom stereocenters. The first-order chi connectivity index (χ1) is 11.3. The van der Waals surface area contributed by atoms with E-state index < -0.39 is 0 Å². The molecule has 1 amide bonds. The molecule has 0 aliphatic rings. The molecule has 0 fully saturated rings. The lowest BCUT2D eigenvalue weighted by Gasteiger charge is -2.15. The third-order valence-electron chi connectivity index (χ3n) is 3.75. The van der Waals surface area contributed by atoms with Crippen LogP contribution in [-0.4, -0.2) is 22.4 Å². The summed E-state index contributed by atoms with van der Waals surface area (Å²) in [7, 11) is 0. The monoisotopic (exact) mass is 309 g/mol. The average Bonchev–Trinajstić information content (AvgIpc) is 3.27. The van der Waals surface area contributed by atoms with Gasteiger partial charge in [-0.3, -0.25) is 4.79 Å². The summed E-state index contributed by atoms with van der Waals surface area (Å²) in [4.78, 5) is 19.3. The Bertz CT molecular complexity index is 706. The summed E-state index contributed by atoms with van der Waals surface area (Å²) >= 11 is 0. The van der Waals surface area contributed by atoms with Gasteiger partial charge in [0, 0.05) is 31.3 Å². The minimum atomic E-state index is -0.0710. The summed E-state index contributed by atoms with van der Waals surface area (Å²) < 4.78 is 5.52. The van der Waals surface area contributed by atoms with E-state index in [1.807, 2.05) is 42.5 Å². The van der Waals surface area contributed by atoms with Gasteiger partial charge in [-0.25, -0.2) is 4.98 Å². The SMILES string of the molecule is O=C(CC(c1ccccc1)c1ccco1)NCCc1cnc[nH]1. The van der Waals surface area contributed by atoms with Crippen molar-refractivity contribution in [2.24, 2.45) is 0 Å². The fraction of sp³-hybridized carbons (Fsp3) is 0.222. The van der Waals surface area contributed by atoms with Crippen LogP contribution in [0.1, 0.15) is 29.4 Å². The Morgan fingerprint density at radius 3 is 2.78 bits per heavy atom. The van der Waals surface area contributed by atoms with E-state index in [0.29, 0.717) is 13.0 Å². The van der Waals surface area contributed by atoms with Crippen LogP contribution in [0.5, 0.6) is 0 Å². The third-order valence-corrected chi connectivity index (χ3v) is 3.75. The van der Waals surface area contributed by atoms with E-state index in [1.165, 1.54) is 0 Å². The number of aromatic amines is 1. The quantitative estimate of drug-likeness (QED) is 0.705. The summed E-state index contributed by atoms with van der Waals surface area (Å²) in [5.74, 6) is 0.744. The number of imidazole rings is 1. The van der Waals surface area contributed by atoms with Crippen LogP contribution >= 0.6 is 0 Å². The first-order valence-corrected chi connectivity index (χ1v) is 7.65. The number of carbonyl (C=O) groups excluding carboxylic acids is 1. The van der Waals surface area contributed by atoms with Crippen LogP contribution in [-0.2, 0) is 11.2 Å².